The van der Waals surface area contributed by atoms with E-state index in [9.17, 15) is 4.79 Å². The van der Waals surface area contributed by atoms with E-state index in [1.807, 2.05) is 47.4 Å². The second-order valence-electron chi connectivity index (χ2n) is 8.72. The number of hydrogen-bond acceptors (Lipinski definition) is 5. The molecule has 0 saturated carbocycles. The van der Waals surface area contributed by atoms with Crippen molar-refractivity contribution in [1.82, 2.24) is 14.9 Å². The Morgan fingerprint density at radius 3 is 2.62 bits per heavy atom. The first-order valence-electron chi connectivity index (χ1n) is 11.7. The highest BCUT2D eigenvalue weighted by atomic mass is 35.5. The first-order chi connectivity index (χ1) is 16.5. The second-order valence-corrected chi connectivity index (χ2v) is 9.12. The molecule has 0 bridgehead atoms. The summed E-state index contributed by atoms with van der Waals surface area (Å²) in [5, 5.41) is 7.06. The van der Waals surface area contributed by atoms with E-state index in [0.717, 1.165) is 42.9 Å². The highest BCUT2D eigenvalue weighted by Crippen LogP contribution is 2.25. The largest absolute Gasteiger partial charge is 0.340 e. The van der Waals surface area contributed by atoms with Gasteiger partial charge in [-0.2, -0.15) is 4.98 Å². The summed E-state index contributed by atoms with van der Waals surface area (Å²) in [4.78, 5) is 23.8. The van der Waals surface area contributed by atoms with E-state index in [-0.39, 0.29) is 5.91 Å². The van der Waals surface area contributed by atoms with E-state index in [1.165, 1.54) is 12.8 Å². The lowest BCUT2D eigenvalue weighted by molar-refractivity contribution is 0.0732. The summed E-state index contributed by atoms with van der Waals surface area (Å²) in [6.45, 7) is 7.69. The van der Waals surface area contributed by atoms with Gasteiger partial charge in [0.05, 0.1) is 0 Å². The number of carbonyl (C=O) groups is 1. The van der Waals surface area contributed by atoms with Crippen LogP contribution in [-0.2, 0) is 0 Å². The molecule has 6 nitrogen and oxygen atoms in total. The molecule has 3 aromatic rings. The topological polar surface area (TPSA) is 70.2 Å². The molecule has 1 aliphatic heterocycles. The molecule has 1 fully saturated rings. The molecule has 1 unspecified atom stereocenters. The number of nitrogens with one attached hydrogen (secondary N) is 2. The number of likely N-dealkylation sites (tertiary alicyclic amines) is 1. The van der Waals surface area contributed by atoms with Gasteiger partial charge in [-0.25, -0.2) is 4.98 Å². The van der Waals surface area contributed by atoms with Crippen molar-refractivity contribution in [2.24, 2.45) is 5.92 Å². The maximum Gasteiger partial charge on any atom is 0.253 e. The molecule has 1 aliphatic rings. The normalized spacial score (nSPS) is 16.3. The fraction of sp³-hybridized carbons (Fsp3) is 0.296. The van der Waals surface area contributed by atoms with Crippen molar-refractivity contribution < 1.29 is 4.79 Å². The molecular formula is C27H30ClN5O. The second kappa shape index (κ2) is 11.2. The predicted molar refractivity (Wildman–Crippen MR) is 140 cm³/mol. The van der Waals surface area contributed by atoms with Gasteiger partial charge in [0.25, 0.3) is 5.91 Å². The van der Waals surface area contributed by atoms with Crippen LogP contribution in [0.15, 0.2) is 61.3 Å². The molecule has 0 radical (unpaired) electrons. The maximum absolute atomic E-state index is 13.0. The fourth-order valence-corrected chi connectivity index (χ4v) is 4.30. The minimum absolute atomic E-state index is 0.101. The summed E-state index contributed by atoms with van der Waals surface area (Å²) < 4.78 is 0. The van der Waals surface area contributed by atoms with E-state index in [0.29, 0.717) is 28.3 Å². The van der Waals surface area contributed by atoms with E-state index < -0.39 is 0 Å². The van der Waals surface area contributed by atoms with Crippen LogP contribution in [0.4, 0.5) is 23.1 Å². The zero-order valence-electron chi connectivity index (χ0n) is 19.4. The molecule has 4 rings (SSSR count). The molecule has 1 amide bonds. The Bertz CT molecular complexity index is 1150. The van der Waals surface area contributed by atoms with Crippen molar-refractivity contribution in [2.75, 3.05) is 23.7 Å². The molecule has 2 heterocycles. The number of halogens is 1. The number of aromatic nitrogens is 2. The van der Waals surface area contributed by atoms with Crippen molar-refractivity contribution in [2.45, 2.75) is 32.6 Å². The highest BCUT2D eigenvalue weighted by Gasteiger charge is 2.18. The van der Waals surface area contributed by atoms with Crippen LogP contribution in [0.5, 0.6) is 0 Å². The summed E-state index contributed by atoms with van der Waals surface area (Å²) in [7, 11) is 0. The first-order valence-corrected chi connectivity index (χ1v) is 12.1. The Morgan fingerprint density at radius 1 is 1.06 bits per heavy atom. The van der Waals surface area contributed by atoms with Gasteiger partial charge in [-0.1, -0.05) is 50.1 Å². The summed E-state index contributed by atoms with van der Waals surface area (Å²) in [6.07, 6.45) is 7.98. The monoisotopic (exact) mass is 475 g/mol. The van der Waals surface area contributed by atoms with Crippen LogP contribution >= 0.6 is 11.6 Å². The third kappa shape index (κ3) is 6.14. The Hall–Kier alpha value is -3.38. The smallest absolute Gasteiger partial charge is 0.253 e. The molecule has 1 aromatic heterocycles. The van der Waals surface area contributed by atoms with Crippen LogP contribution in [-0.4, -0.2) is 33.9 Å². The first kappa shape index (κ1) is 23.8. The standard InChI is InChI=1S/C27H30ClN5O/c1-3-20-7-12-23(18-24(20)28)30-25-13-15-29-27(32-25)31-22-10-8-21(9-11-22)26(34)33-16-5-4-6-19(2)14-17-33/h3,7-13,15,18-19H,1,4-6,14,16-17H2,2H3,(H2,29,30,31,32). The van der Waals surface area contributed by atoms with Gasteiger partial charge in [0.1, 0.15) is 5.82 Å². The van der Waals surface area contributed by atoms with Gasteiger partial charge in [0.15, 0.2) is 0 Å². The quantitative estimate of drug-likeness (QED) is 0.405. The molecule has 7 heteroatoms. The minimum atomic E-state index is 0.101. The van der Waals surface area contributed by atoms with Crippen molar-refractivity contribution in [3.8, 4) is 0 Å². The predicted octanol–water partition coefficient (Wildman–Crippen LogP) is 6.91. The van der Waals surface area contributed by atoms with Crippen molar-refractivity contribution in [3.63, 3.8) is 0 Å². The third-order valence-electron chi connectivity index (χ3n) is 6.09. The summed E-state index contributed by atoms with van der Waals surface area (Å²) in [5.74, 6) is 1.87. The molecule has 0 aliphatic carbocycles. The Labute approximate surface area is 206 Å². The van der Waals surface area contributed by atoms with Gasteiger partial charge in [0, 0.05) is 41.2 Å². The van der Waals surface area contributed by atoms with Gasteiger partial charge >= 0.3 is 0 Å². The van der Waals surface area contributed by atoms with Crippen molar-refractivity contribution in [3.05, 3.63) is 77.5 Å². The lowest BCUT2D eigenvalue weighted by Gasteiger charge is -2.27. The number of rotatable bonds is 6. The molecule has 1 atom stereocenters. The zero-order chi connectivity index (χ0) is 23.9. The van der Waals surface area contributed by atoms with E-state index in [2.05, 4.69) is 34.1 Å². The van der Waals surface area contributed by atoms with Gasteiger partial charge in [-0.15, -0.1) is 0 Å². The number of hydrogen-bond donors (Lipinski definition) is 2. The Kier molecular flexibility index (Phi) is 7.80. The molecule has 2 N–H and O–H groups in total. The lowest BCUT2D eigenvalue weighted by atomic mass is 9.97. The molecular weight excluding hydrogens is 446 g/mol. The average molecular weight is 476 g/mol. The van der Waals surface area contributed by atoms with Gasteiger partial charge < -0.3 is 15.5 Å². The maximum atomic E-state index is 13.0. The third-order valence-corrected chi connectivity index (χ3v) is 6.42. The Morgan fingerprint density at radius 2 is 1.85 bits per heavy atom. The van der Waals surface area contributed by atoms with Crippen LogP contribution in [0.1, 0.15) is 48.5 Å². The van der Waals surface area contributed by atoms with Crippen LogP contribution in [0.3, 0.4) is 0 Å². The summed E-state index contributed by atoms with van der Waals surface area (Å²) in [6, 6.07) is 14.9. The molecule has 1 saturated heterocycles. The van der Waals surface area contributed by atoms with Gasteiger partial charge in [-0.3, -0.25) is 4.79 Å². The van der Waals surface area contributed by atoms with Crippen molar-refractivity contribution >= 4 is 46.7 Å². The van der Waals surface area contributed by atoms with E-state index in [4.69, 9.17) is 11.6 Å². The number of anilines is 4. The molecule has 0 spiro atoms. The zero-order valence-corrected chi connectivity index (χ0v) is 20.2. The van der Waals surface area contributed by atoms with Crippen molar-refractivity contribution in [1.29, 1.82) is 0 Å². The van der Waals surface area contributed by atoms with Crippen LogP contribution < -0.4 is 10.6 Å². The molecule has 34 heavy (non-hydrogen) atoms. The lowest BCUT2D eigenvalue weighted by Crippen LogP contribution is -2.34. The molecule has 2 aromatic carbocycles. The average Bonchev–Trinajstić information content (AvgIpc) is 2.82. The summed E-state index contributed by atoms with van der Waals surface area (Å²) >= 11 is 6.26. The highest BCUT2D eigenvalue weighted by molar-refractivity contribution is 6.32. The fourth-order valence-electron chi connectivity index (χ4n) is 4.05. The van der Waals surface area contributed by atoms with Crippen LogP contribution in [0, 0.1) is 5.92 Å². The number of carbonyl (C=O) groups excluding carboxylic acids is 1. The summed E-state index contributed by atoms with van der Waals surface area (Å²) in [5.41, 5.74) is 3.21. The van der Waals surface area contributed by atoms with Crippen LogP contribution in [0.2, 0.25) is 5.02 Å². The minimum Gasteiger partial charge on any atom is -0.340 e. The SMILES string of the molecule is C=Cc1ccc(Nc2ccnc(Nc3ccc(C(=O)N4CCCCC(C)CC4)cc3)n2)cc1Cl. The Balaban J connectivity index is 1.40. The number of nitrogens with zero attached hydrogens (tertiary/aromatic N) is 3. The van der Waals surface area contributed by atoms with E-state index in [1.54, 1.807) is 18.3 Å². The number of amides is 1. The molecule has 176 valence electrons. The van der Waals surface area contributed by atoms with Gasteiger partial charge in [-0.05, 0) is 66.8 Å². The van der Waals surface area contributed by atoms with Gasteiger partial charge in [0.2, 0.25) is 5.95 Å². The number of benzene rings is 2. The van der Waals surface area contributed by atoms with E-state index >= 15 is 0 Å². The van der Waals surface area contributed by atoms with Crippen LogP contribution in [0.25, 0.3) is 6.08 Å².